The van der Waals surface area contributed by atoms with E-state index in [9.17, 15) is 0 Å². The van der Waals surface area contributed by atoms with E-state index in [1.165, 1.54) is 16.7 Å². The second kappa shape index (κ2) is 5.94. The standard InChI is InChI=1S/C22H22N4/c23-19-8-4-7-18(26-19)16-11-14(22-20-17(12-25-22)21(20)24)9-10-15(16)13-5-2-1-3-6-13/h1-11,17,20-22,25H,12,24H2,(H2,23,26). The van der Waals surface area contributed by atoms with Gasteiger partial charge in [0.1, 0.15) is 5.82 Å². The minimum absolute atomic E-state index is 0.333. The van der Waals surface area contributed by atoms with Gasteiger partial charge in [-0.1, -0.05) is 48.5 Å². The Balaban J connectivity index is 1.64. The SMILES string of the molecule is Nc1cccc(-c2cc(C3NCC4C(N)C34)ccc2-c2ccccc2)n1. The smallest absolute Gasteiger partial charge is 0.124 e. The fraction of sp³-hybridized carbons (Fsp3) is 0.227. The summed E-state index contributed by atoms with van der Waals surface area (Å²) in [7, 11) is 0. The van der Waals surface area contributed by atoms with Crippen molar-refractivity contribution in [2.45, 2.75) is 12.1 Å². The summed E-state index contributed by atoms with van der Waals surface area (Å²) in [6, 6.07) is 23.6. The lowest BCUT2D eigenvalue weighted by atomic mass is 9.92. The van der Waals surface area contributed by atoms with E-state index in [0.717, 1.165) is 17.8 Å². The highest BCUT2D eigenvalue weighted by Gasteiger charge is 2.56. The van der Waals surface area contributed by atoms with Gasteiger partial charge >= 0.3 is 0 Å². The fourth-order valence-corrected chi connectivity index (χ4v) is 4.35. The summed E-state index contributed by atoms with van der Waals surface area (Å²) in [6.45, 7) is 1.02. The van der Waals surface area contributed by atoms with Crippen LogP contribution in [0, 0.1) is 11.8 Å². The molecule has 4 heteroatoms. The topological polar surface area (TPSA) is 77.0 Å². The van der Waals surface area contributed by atoms with E-state index in [4.69, 9.17) is 11.5 Å². The molecule has 1 aliphatic heterocycles. The Morgan fingerprint density at radius 2 is 1.77 bits per heavy atom. The van der Waals surface area contributed by atoms with Crippen molar-refractivity contribution in [3.05, 3.63) is 72.3 Å². The molecular formula is C22H22N4. The summed E-state index contributed by atoms with van der Waals surface area (Å²) in [5.74, 6) is 1.72. The largest absolute Gasteiger partial charge is 0.384 e. The second-order valence-electron chi connectivity index (χ2n) is 7.32. The third-order valence-electron chi connectivity index (χ3n) is 5.78. The van der Waals surface area contributed by atoms with E-state index in [2.05, 4.69) is 52.8 Å². The molecule has 4 nitrogen and oxygen atoms in total. The number of hydrogen-bond acceptors (Lipinski definition) is 4. The Morgan fingerprint density at radius 1 is 0.923 bits per heavy atom. The zero-order valence-corrected chi connectivity index (χ0v) is 14.5. The third kappa shape index (κ3) is 2.50. The number of hydrogen-bond donors (Lipinski definition) is 3. The summed E-state index contributed by atoms with van der Waals surface area (Å²) in [4.78, 5) is 4.57. The quantitative estimate of drug-likeness (QED) is 0.683. The molecule has 26 heavy (non-hydrogen) atoms. The lowest BCUT2D eigenvalue weighted by Crippen LogP contribution is -2.25. The van der Waals surface area contributed by atoms with E-state index in [-0.39, 0.29) is 0 Å². The Hall–Kier alpha value is -2.69. The van der Waals surface area contributed by atoms with Crippen LogP contribution in [0.25, 0.3) is 22.4 Å². The number of nitrogens with one attached hydrogen (secondary N) is 1. The molecule has 4 unspecified atom stereocenters. The molecule has 1 aromatic heterocycles. The fourth-order valence-electron chi connectivity index (χ4n) is 4.35. The predicted molar refractivity (Wildman–Crippen MR) is 105 cm³/mol. The van der Waals surface area contributed by atoms with Crippen molar-refractivity contribution >= 4 is 5.82 Å². The molecule has 5 N–H and O–H groups in total. The summed E-state index contributed by atoms with van der Waals surface area (Å²) in [6.07, 6.45) is 0. The molecule has 0 radical (unpaired) electrons. The Bertz CT molecular complexity index is 953. The van der Waals surface area contributed by atoms with Gasteiger partial charge < -0.3 is 16.8 Å². The number of pyridine rings is 1. The first-order valence-corrected chi connectivity index (χ1v) is 9.13. The maximum atomic E-state index is 6.22. The van der Waals surface area contributed by atoms with Crippen molar-refractivity contribution in [1.82, 2.24) is 10.3 Å². The maximum absolute atomic E-state index is 6.22. The summed E-state index contributed by atoms with van der Waals surface area (Å²) in [5, 5.41) is 3.63. The minimum Gasteiger partial charge on any atom is -0.384 e. The highest BCUT2D eigenvalue weighted by Crippen LogP contribution is 2.51. The molecule has 1 saturated carbocycles. The number of piperidine rings is 1. The van der Waals surface area contributed by atoms with Gasteiger partial charge in [-0.05, 0) is 46.7 Å². The van der Waals surface area contributed by atoms with E-state index < -0.39 is 0 Å². The van der Waals surface area contributed by atoms with Crippen LogP contribution in [0.2, 0.25) is 0 Å². The van der Waals surface area contributed by atoms with Crippen LogP contribution in [-0.2, 0) is 0 Å². The van der Waals surface area contributed by atoms with Crippen LogP contribution in [0.4, 0.5) is 5.82 Å². The van der Waals surface area contributed by atoms with Gasteiger partial charge in [0.15, 0.2) is 0 Å². The number of anilines is 1. The van der Waals surface area contributed by atoms with Gasteiger partial charge in [0.2, 0.25) is 0 Å². The molecular weight excluding hydrogens is 320 g/mol. The number of nitrogen functional groups attached to an aromatic ring is 1. The molecule has 2 heterocycles. The van der Waals surface area contributed by atoms with Crippen molar-refractivity contribution in [3.63, 3.8) is 0 Å². The first kappa shape index (κ1) is 15.6. The zero-order valence-electron chi connectivity index (χ0n) is 14.5. The predicted octanol–water partition coefficient (Wildman–Crippen LogP) is 3.22. The molecule has 1 aliphatic carbocycles. The first-order valence-electron chi connectivity index (χ1n) is 9.13. The van der Waals surface area contributed by atoms with Gasteiger partial charge in [0.05, 0.1) is 5.69 Å². The summed E-state index contributed by atoms with van der Waals surface area (Å²) in [5.41, 5.74) is 17.8. The molecule has 2 fully saturated rings. The van der Waals surface area contributed by atoms with Gasteiger partial charge in [-0.15, -0.1) is 0 Å². The van der Waals surface area contributed by atoms with Crippen molar-refractivity contribution in [2.24, 2.45) is 17.6 Å². The van der Waals surface area contributed by atoms with Crippen molar-refractivity contribution in [3.8, 4) is 22.4 Å². The van der Waals surface area contributed by atoms with Crippen LogP contribution < -0.4 is 16.8 Å². The highest BCUT2D eigenvalue weighted by atomic mass is 15.1. The molecule has 3 aromatic rings. The van der Waals surface area contributed by atoms with Gasteiger partial charge in [0, 0.05) is 24.2 Å². The van der Waals surface area contributed by atoms with Crippen LogP contribution in [0.5, 0.6) is 0 Å². The molecule has 1 saturated heterocycles. The maximum Gasteiger partial charge on any atom is 0.124 e. The minimum atomic E-state index is 0.333. The molecule has 4 atom stereocenters. The van der Waals surface area contributed by atoms with Crippen molar-refractivity contribution < 1.29 is 0 Å². The molecule has 0 spiro atoms. The van der Waals surface area contributed by atoms with Crippen molar-refractivity contribution in [1.29, 1.82) is 0 Å². The number of aromatic nitrogens is 1. The van der Waals surface area contributed by atoms with Crippen LogP contribution in [-0.4, -0.2) is 17.6 Å². The second-order valence-corrected chi connectivity index (χ2v) is 7.32. The Labute approximate surface area is 153 Å². The molecule has 0 amide bonds. The van der Waals surface area contributed by atoms with Crippen LogP contribution in [0.3, 0.4) is 0 Å². The average Bonchev–Trinajstić information content (AvgIpc) is 3.11. The molecule has 5 rings (SSSR count). The van der Waals surface area contributed by atoms with Crippen molar-refractivity contribution in [2.75, 3.05) is 12.3 Å². The normalized spacial score (nSPS) is 26.5. The van der Waals surface area contributed by atoms with Crippen LogP contribution in [0.1, 0.15) is 11.6 Å². The Kier molecular flexibility index (Phi) is 3.55. The zero-order chi connectivity index (χ0) is 17.7. The van der Waals surface area contributed by atoms with Gasteiger partial charge in [-0.2, -0.15) is 0 Å². The van der Waals surface area contributed by atoms with E-state index in [1.807, 2.05) is 24.3 Å². The van der Waals surface area contributed by atoms with E-state index in [1.54, 1.807) is 0 Å². The lowest BCUT2D eigenvalue weighted by molar-refractivity contribution is 0.537. The number of nitrogens with zero attached hydrogens (tertiary/aromatic N) is 1. The molecule has 130 valence electrons. The molecule has 2 aromatic carbocycles. The number of fused-ring (bicyclic) bond motifs is 1. The Morgan fingerprint density at radius 3 is 2.50 bits per heavy atom. The van der Waals surface area contributed by atoms with Gasteiger partial charge in [0.25, 0.3) is 0 Å². The number of benzene rings is 2. The van der Waals surface area contributed by atoms with Crippen LogP contribution >= 0.6 is 0 Å². The number of rotatable bonds is 3. The van der Waals surface area contributed by atoms with E-state index >= 15 is 0 Å². The van der Waals surface area contributed by atoms with Gasteiger partial charge in [-0.3, -0.25) is 0 Å². The summed E-state index contributed by atoms with van der Waals surface area (Å²) >= 11 is 0. The first-order chi connectivity index (χ1) is 12.7. The van der Waals surface area contributed by atoms with Gasteiger partial charge in [-0.25, -0.2) is 4.98 Å². The number of nitrogens with two attached hydrogens (primary N) is 2. The molecule has 2 aliphatic rings. The third-order valence-corrected chi connectivity index (χ3v) is 5.78. The van der Waals surface area contributed by atoms with Crippen LogP contribution in [0.15, 0.2) is 66.7 Å². The monoisotopic (exact) mass is 342 g/mol. The lowest BCUT2D eigenvalue weighted by Gasteiger charge is -2.18. The highest BCUT2D eigenvalue weighted by molar-refractivity contribution is 5.82. The summed E-state index contributed by atoms with van der Waals surface area (Å²) < 4.78 is 0. The molecule has 0 bridgehead atoms. The van der Waals surface area contributed by atoms with E-state index in [0.29, 0.717) is 29.7 Å². The average molecular weight is 342 g/mol.